The summed E-state index contributed by atoms with van der Waals surface area (Å²) in [6.07, 6.45) is 0.845. The van der Waals surface area contributed by atoms with Gasteiger partial charge in [-0.25, -0.2) is 4.39 Å². The maximum absolute atomic E-state index is 13.8. The van der Waals surface area contributed by atoms with Crippen molar-refractivity contribution in [1.82, 2.24) is 4.90 Å². The highest BCUT2D eigenvalue weighted by atomic mass is 35.5. The summed E-state index contributed by atoms with van der Waals surface area (Å²) in [5.41, 5.74) is 3.40. The molecule has 5 heteroatoms. The van der Waals surface area contributed by atoms with Gasteiger partial charge in [-0.3, -0.25) is 9.69 Å². The first-order valence-corrected chi connectivity index (χ1v) is 8.30. The molecule has 2 aromatic rings. The highest BCUT2D eigenvalue weighted by Gasteiger charge is 2.14. The van der Waals surface area contributed by atoms with Crippen molar-refractivity contribution in [2.75, 3.05) is 18.9 Å². The van der Waals surface area contributed by atoms with E-state index in [2.05, 4.69) is 12.2 Å². The van der Waals surface area contributed by atoms with E-state index in [1.165, 1.54) is 6.07 Å². The summed E-state index contributed by atoms with van der Waals surface area (Å²) in [6, 6.07) is 10.5. The molecule has 0 heterocycles. The second-order valence-corrected chi connectivity index (χ2v) is 6.29. The standard InChI is InChI=1S/C19H22ClFN2O/c1-4-14-8-5-7-13(2)19(14)22-18(24)12-23(3)11-15-16(20)9-6-10-17(15)21/h5-10H,4,11-12H2,1-3H3,(H,22,24). The van der Waals surface area contributed by atoms with Gasteiger partial charge in [-0.05, 0) is 43.7 Å². The highest BCUT2D eigenvalue weighted by molar-refractivity contribution is 6.31. The van der Waals surface area contributed by atoms with Gasteiger partial charge in [-0.15, -0.1) is 0 Å². The van der Waals surface area contributed by atoms with E-state index in [1.807, 2.05) is 25.1 Å². The minimum Gasteiger partial charge on any atom is -0.324 e. The zero-order valence-electron chi connectivity index (χ0n) is 14.2. The molecule has 0 aliphatic carbocycles. The van der Waals surface area contributed by atoms with Crippen molar-refractivity contribution in [3.8, 4) is 0 Å². The Morgan fingerprint density at radius 3 is 2.62 bits per heavy atom. The maximum Gasteiger partial charge on any atom is 0.238 e. The first kappa shape index (κ1) is 18.4. The maximum atomic E-state index is 13.8. The lowest BCUT2D eigenvalue weighted by atomic mass is 10.1. The summed E-state index contributed by atoms with van der Waals surface area (Å²) in [6.45, 7) is 4.45. The second kappa shape index (κ2) is 8.27. The number of para-hydroxylation sites is 1. The van der Waals surface area contributed by atoms with Crippen LogP contribution in [-0.2, 0) is 17.8 Å². The fourth-order valence-corrected chi connectivity index (χ4v) is 2.86. The first-order valence-electron chi connectivity index (χ1n) is 7.92. The number of carbonyl (C=O) groups excluding carboxylic acids is 1. The Morgan fingerprint density at radius 1 is 1.25 bits per heavy atom. The highest BCUT2D eigenvalue weighted by Crippen LogP contribution is 2.22. The van der Waals surface area contributed by atoms with Gasteiger partial charge in [0, 0.05) is 22.8 Å². The smallest absolute Gasteiger partial charge is 0.238 e. The third-order valence-corrected chi connectivity index (χ3v) is 4.26. The van der Waals surface area contributed by atoms with E-state index in [4.69, 9.17) is 11.6 Å². The topological polar surface area (TPSA) is 32.3 Å². The second-order valence-electron chi connectivity index (χ2n) is 5.88. The van der Waals surface area contributed by atoms with Crippen molar-refractivity contribution in [3.05, 3.63) is 63.9 Å². The Kier molecular flexibility index (Phi) is 6.35. The Hall–Kier alpha value is -1.91. The summed E-state index contributed by atoms with van der Waals surface area (Å²) in [5.74, 6) is -0.490. The molecule has 2 aromatic carbocycles. The van der Waals surface area contributed by atoms with Gasteiger partial charge in [0.05, 0.1) is 6.54 Å². The van der Waals surface area contributed by atoms with Gasteiger partial charge in [0.25, 0.3) is 0 Å². The predicted octanol–water partition coefficient (Wildman–Crippen LogP) is 4.42. The average Bonchev–Trinajstić information content (AvgIpc) is 2.53. The number of nitrogens with one attached hydrogen (secondary N) is 1. The zero-order valence-corrected chi connectivity index (χ0v) is 15.0. The number of halogens is 2. The van der Waals surface area contributed by atoms with Crippen LogP contribution in [0.1, 0.15) is 23.6 Å². The van der Waals surface area contributed by atoms with Gasteiger partial charge in [0.2, 0.25) is 5.91 Å². The van der Waals surface area contributed by atoms with Gasteiger partial charge < -0.3 is 5.32 Å². The van der Waals surface area contributed by atoms with Crippen LogP contribution in [0.5, 0.6) is 0 Å². The number of rotatable bonds is 6. The first-order chi connectivity index (χ1) is 11.4. The Labute approximate surface area is 147 Å². The fourth-order valence-electron chi connectivity index (χ4n) is 2.64. The SMILES string of the molecule is CCc1cccc(C)c1NC(=O)CN(C)Cc1c(F)cccc1Cl. The van der Waals surface area contributed by atoms with E-state index in [9.17, 15) is 9.18 Å². The molecule has 0 atom stereocenters. The van der Waals surface area contributed by atoms with E-state index >= 15 is 0 Å². The minimum absolute atomic E-state index is 0.131. The van der Waals surface area contributed by atoms with Gasteiger partial charge in [0.15, 0.2) is 0 Å². The monoisotopic (exact) mass is 348 g/mol. The molecule has 24 heavy (non-hydrogen) atoms. The Morgan fingerprint density at radius 2 is 1.96 bits per heavy atom. The van der Waals surface area contributed by atoms with Crippen LogP contribution < -0.4 is 5.32 Å². The Bertz CT molecular complexity index is 713. The molecule has 128 valence electrons. The number of likely N-dealkylation sites (N-methyl/N-ethyl adjacent to an activating group) is 1. The molecule has 0 aliphatic heterocycles. The number of hydrogen-bond donors (Lipinski definition) is 1. The molecule has 0 saturated carbocycles. The summed E-state index contributed by atoms with van der Waals surface area (Å²) in [5, 5.41) is 3.34. The molecule has 0 saturated heterocycles. The molecular weight excluding hydrogens is 327 g/mol. The number of nitrogens with zero attached hydrogens (tertiary/aromatic N) is 1. The van der Waals surface area contributed by atoms with Crippen LogP contribution >= 0.6 is 11.6 Å². The summed E-state index contributed by atoms with van der Waals surface area (Å²) in [4.78, 5) is 14.1. The Balaban J connectivity index is 2.02. The van der Waals surface area contributed by atoms with Crippen LogP contribution in [0, 0.1) is 12.7 Å². The molecule has 1 amide bonds. The van der Waals surface area contributed by atoms with Crippen LogP contribution in [0.25, 0.3) is 0 Å². The molecule has 0 spiro atoms. The molecule has 0 bridgehead atoms. The van der Waals surface area contributed by atoms with E-state index in [-0.39, 0.29) is 24.8 Å². The van der Waals surface area contributed by atoms with E-state index in [0.29, 0.717) is 10.6 Å². The molecule has 0 aromatic heterocycles. The van der Waals surface area contributed by atoms with Crippen molar-refractivity contribution in [3.63, 3.8) is 0 Å². The molecule has 1 N–H and O–H groups in total. The number of hydrogen-bond acceptors (Lipinski definition) is 2. The average molecular weight is 349 g/mol. The molecule has 0 fully saturated rings. The zero-order chi connectivity index (χ0) is 17.7. The lowest BCUT2D eigenvalue weighted by Gasteiger charge is -2.19. The molecule has 0 aliphatic rings. The fraction of sp³-hybridized carbons (Fsp3) is 0.316. The minimum atomic E-state index is -0.359. The van der Waals surface area contributed by atoms with Crippen molar-refractivity contribution in [2.24, 2.45) is 0 Å². The van der Waals surface area contributed by atoms with E-state index < -0.39 is 0 Å². The molecule has 2 rings (SSSR count). The number of benzene rings is 2. The van der Waals surface area contributed by atoms with Gasteiger partial charge in [-0.2, -0.15) is 0 Å². The van der Waals surface area contributed by atoms with Crippen molar-refractivity contribution in [2.45, 2.75) is 26.8 Å². The van der Waals surface area contributed by atoms with Crippen molar-refractivity contribution < 1.29 is 9.18 Å². The third kappa shape index (κ3) is 4.56. The van der Waals surface area contributed by atoms with Crippen LogP contribution in [-0.4, -0.2) is 24.4 Å². The predicted molar refractivity (Wildman–Crippen MR) is 96.9 cm³/mol. The molecule has 0 unspecified atom stereocenters. The van der Waals surface area contributed by atoms with E-state index in [0.717, 1.165) is 23.2 Å². The van der Waals surface area contributed by atoms with Crippen LogP contribution in [0.2, 0.25) is 5.02 Å². The molecule has 3 nitrogen and oxygen atoms in total. The van der Waals surface area contributed by atoms with Gasteiger partial charge >= 0.3 is 0 Å². The number of carbonyl (C=O) groups is 1. The lowest BCUT2D eigenvalue weighted by molar-refractivity contribution is -0.117. The van der Waals surface area contributed by atoms with Crippen molar-refractivity contribution >= 4 is 23.2 Å². The quantitative estimate of drug-likeness (QED) is 0.838. The van der Waals surface area contributed by atoms with E-state index in [1.54, 1.807) is 24.1 Å². The number of anilines is 1. The van der Waals surface area contributed by atoms with Crippen LogP contribution in [0.15, 0.2) is 36.4 Å². The van der Waals surface area contributed by atoms with Crippen LogP contribution in [0.3, 0.4) is 0 Å². The van der Waals surface area contributed by atoms with Crippen LogP contribution in [0.4, 0.5) is 10.1 Å². The summed E-state index contributed by atoms with van der Waals surface area (Å²) in [7, 11) is 1.76. The molecular formula is C19H22ClFN2O. The summed E-state index contributed by atoms with van der Waals surface area (Å²) >= 11 is 6.03. The lowest BCUT2D eigenvalue weighted by Crippen LogP contribution is -2.30. The summed E-state index contributed by atoms with van der Waals surface area (Å²) < 4.78 is 13.8. The van der Waals surface area contributed by atoms with Gasteiger partial charge in [0.1, 0.15) is 5.82 Å². The number of amides is 1. The number of aryl methyl sites for hydroxylation is 2. The van der Waals surface area contributed by atoms with Crippen molar-refractivity contribution in [1.29, 1.82) is 0 Å². The third-order valence-electron chi connectivity index (χ3n) is 3.91. The van der Waals surface area contributed by atoms with Gasteiger partial charge in [-0.1, -0.05) is 42.8 Å². The normalized spacial score (nSPS) is 10.9. The molecule has 0 radical (unpaired) electrons. The largest absolute Gasteiger partial charge is 0.324 e.